The minimum Gasteiger partial charge on any atom is -0.506 e. The van der Waals surface area contributed by atoms with Crippen LogP contribution >= 0.6 is 0 Å². The molecule has 0 amide bonds. The second-order valence-corrected chi connectivity index (χ2v) is 8.05. The minimum absolute atomic E-state index is 0.0316. The van der Waals surface area contributed by atoms with E-state index in [0.29, 0.717) is 23.3 Å². The third-order valence-electron chi connectivity index (χ3n) is 5.24. The number of ketones is 1. The fraction of sp³-hybridized carbons (Fsp3) is 0.500. The lowest BCUT2D eigenvalue weighted by molar-refractivity contribution is 0.0206. The molecule has 0 saturated carbocycles. The van der Waals surface area contributed by atoms with Gasteiger partial charge in [0.25, 0.3) is 0 Å². The van der Waals surface area contributed by atoms with Crippen LogP contribution in [0.15, 0.2) is 12.2 Å². The molecule has 2 aliphatic rings. The van der Waals surface area contributed by atoms with Crippen molar-refractivity contribution in [1.82, 2.24) is 0 Å². The maximum absolute atomic E-state index is 13.1. The Balaban J connectivity index is 2.34. The van der Waals surface area contributed by atoms with Crippen molar-refractivity contribution in [3.8, 4) is 17.2 Å². The molecule has 0 bridgehead atoms. The van der Waals surface area contributed by atoms with E-state index in [0.717, 1.165) is 12.0 Å². The van der Waals surface area contributed by atoms with Gasteiger partial charge in [-0.2, -0.15) is 0 Å². The van der Waals surface area contributed by atoms with Gasteiger partial charge in [0.1, 0.15) is 28.4 Å². The molecule has 6 heteroatoms. The first-order valence-electron chi connectivity index (χ1n) is 9.66. The molecule has 0 fully saturated rings. The van der Waals surface area contributed by atoms with Gasteiger partial charge in [0, 0.05) is 5.92 Å². The highest BCUT2D eigenvalue weighted by Crippen LogP contribution is 2.52. The molecule has 1 unspecified atom stereocenters. The number of rotatable bonds is 5. The van der Waals surface area contributed by atoms with Crippen molar-refractivity contribution in [2.24, 2.45) is 5.92 Å². The van der Waals surface area contributed by atoms with Crippen LogP contribution in [0.25, 0.3) is 11.6 Å². The van der Waals surface area contributed by atoms with Crippen LogP contribution in [0.1, 0.15) is 68.9 Å². The quantitative estimate of drug-likeness (QED) is 0.666. The third kappa shape index (κ3) is 3.42. The monoisotopic (exact) mass is 388 g/mol. The van der Waals surface area contributed by atoms with Gasteiger partial charge < -0.3 is 24.8 Å². The predicted molar refractivity (Wildman–Crippen MR) is 107 cm³/mol. The highest BCUT2D eigenvalue weighted by Gasteiger charge is 2.38. The van der Waals surface area contributed by atoms with Crippen molar-refractivity contribution in [1.29, 1.82) is 0 Å². The Morgan fingerprint density at radius 3 is 2.57 bits per heavy atom. The number of carbonyl (C=O) groups is 1. The summed E-state index contributed by atoms with van der Waals surface area (Å²) in [6.07, 6.45) is 4.50. The van der Waals surface area contributed by atoms with E-state index >= 15 is 0 Å². The molecule has 1 aromatic rings. The molecule has 152 valence electrons. The van der Waals surface area contributed by atoms with Crippen LogP contribution < -0.4 is 9.47 Å². The number of hydrogen-bond acceptors (Lipinski definition) is 6. The van der Waals surface area contributed by atoms with Crippen molar-refractivity contribution < 1.29 is 29.6 Å². The number of aliphatic hydroxyl groups is 2. The largest absolute Gasteiger partial charge is 0.506 e. The number of aromatic hydroxyl groups is 1. The predicted octanol–water partition coefficient (Wildman–Crippen LogP) is 3.67. The van der Waals surface area contributed by atoms with E-state index in [9.17, 15) is 20.1 Å². The van der Waals surface area contributed by atoms with Crippen LogP contribution in [-0.2, 0) is 0 Å². The Morgan fingerprint density at radius 2 is 1.96 bits per heavy atom. The van der Waals surface area contributed by atoms with E-state index in [1.54, 1.807) is 19.1 Å². The van der Waals surface area contributed by atoms with Crippen LogP contribution in [0.4, 0.5) is 0 Å². The molecule has 0 saturated heterocycles. The van der Waals surface area contributed by atoms with Crippen LogP contribution in [0, 0.1) is 5.92 Å². The fourth-order valence-electron chi connectivity index (χ4n) is 3.53. The molecule has 0 radical (unpaired) electrons. The van der Waals surface area contributed by atoms with Crippen molar-refractivity contribution in [3.05, 3.63) is 28.8 Å². The second-order valence-electron chi connectivity index (χ2n) is 8.05. The van der Waals surface area contributed by atoms with Gasteiger partial charge in [0.2, 0.25) is 6.29 Å². The molecule has 28 heavy (non-hydrogen) atoms. The van der Waals surface area contributed by atoms with Gasteiger partial charge in [-0.25, -0.2) is 0 Å². The summed E-state index contributed by atoms with van der Waals surface area (Å²) in [5.74, 6) is -0.914. The minimum atomic E-state index is -1.23. The van der Waals surface area contributed by atoms with Gasteiger partial charge in [-0.15, -0.1) is 0 Å². The van der Waals surface area contributed by atoms with Gasteiger partial charge in [-0.3, -0.25) is 4.79 Å². The van der Waals surface area contributed by atoms with Gasteiger partial charge in [0.05, 0.1) is 17.2 Å². The van der Waals surface area contributed by atoms with Crippen molar-refractivity contribution in [2.75, 3.05) is 0 Å². The summed E-state index contributed by atoms with van der Waals surface area (Å²) in [6, 6.07) is 0. The fourth-order valence-corrected chi connectivity index (χ4v) is 3.53. The van der Waals surface area contributed by atoms with Gasteiger partial charge in [-0.1, -0.05) is 20.3 Å². The number of ether oxygens (including phenoxy) is 2. The summed E-state index contributed by atoms with van der Waals surface area (Å²) < 4.78 is 11.8. The first-order chi connectivity index (χ1) is 13.1. The Labute approximate surface area is 165 Å². The van der Waals surface area contributed by atoms with E-state index in [-0.39, 0.29) is 17.1 Å². The molecule has 2 aliphatic heterocycles. The number of allylic oxidation sites excluding steroid dienone is 1. The first-order valence-corrected chi connectivity index (χ1v) is 9.66. The van der Waals surface area contributed by atoms with E-state index in [2.05, 4.69) is 0 Å². The second kappa shape index (κ2) is 7.26. The van der Waals surface area contributed by atoms with Crippen molar-refractivity contribution >= 4 is 17.4 Å². The molecular weight excluding hydrogens is 360 g/mol. The molecule has 0 spiro atoms. The molecule has 0 aromatic heterocycles. The van der Waals surface area contributed by atoms with Crippen LogP contribution in [0.2, 0.25) is 0 Å². The molecule has 3 atom stereocenters. The lowest BCUT2D eigenvalue weighted by atomic mass is 9.85. The maximum atomic E-state index is 13.1. The zero-order chi connectivity index (χ0) is 20.8. The Hall–Kier alpha value is -2.31. The SMILES string of the molecule is CCCC1=CC(O)Oc2c(C(=O)[C@@H](C)[C@H](C)O)c(O)c3c(c21)OC(C)(C)C=C3. The number of phenols is 1. The zero-order valence-corrected chi connectivity index (χ0v) is 16.9. The van der Waals surface area contributed by atoms with E-state index in [4.69, 9.17) is 9.47 Å². The number of aliphatic hydroxyl groups excluding tert-OH is 2. The number of fused-ring (bicyclic) bond motifs is 3. The Kier molecular flexibility index (Phi) is 5.30. The topological polar surface area (TPSA) is 96.2 Å². The molecule has 2 heterocycles. The van der Waals surface area contributed by atoms with Crippen LogP contribution in [0.5, 0.6) is 17.2 Å². The number of hydrogen-bond donors (Lipinski definition) is 3. The summed E-state index contributed by atoms with van der Waals surface area (Å²) in [5.41, 5.74) is 1.16. The third-order valence-corrected chi connectivity index (χ3v) is 5.24. The first kappa shape index (κ1) is 20.4. The summed E-state index contributed by atoms with van der Waals surface area (Å²) in [6.45, 7) is 8.92. The summed E-state index contributed by atoms with van der Waals surface area (Å²) in [4.78, 5) is 13.1. The smallest absolute Gasteiger partial charge is 0.217 e. The number of phenolic OH excluding ortho intramolecular Hbond substituents is 1. The molecule has 3 rings (SSSR count). The maximum Gasteiger partial charge on any atom is 0.217 e. The van der Waals surface area contributed by atoms with Crippen molar-refractivity contribution in [3.63, 3.8) is 0 Å². The van der Waals surface area contributed by atoms with Gasteiger partial charge in [0.15, 0.2) is 5.78 Å². The number of Topliss-reactive ketones (excluding diaryl/α,β-unsaturated/α-hetero) is 1. The lowest BCUT2D eigenvalue weighted by Crippen LogP contribution is -2.31. The van der Waals surface area contributed by atoms with Crippen molar-refractivity contribution in [2.45, 2.75) is 65.5 Å². The average Bonchev–Trinajstić information content (AvgIpc) is 2.59. The normalized spacial score (nSPS) is 21.5. The zero-order valence-electron chi connectivity index (χ0n) is 16.9. The summed E-state index contributed by atoms with van der Waals surface area (Å²) in [5, 5.41) is 31.1. The molecule has 0 aliphatic carbocycles. The Bertz CT molecular complexity index is 863. The van der Waals surface area contributed by atoms with Gasteiger partial charge >= 0.3 is 0 Å². The van der Waals surface area contributed by atoms with Crippen LogP contribution in [-0.4, -0.2) is 39.1 Å². The molecule has 1 aromatic carbocycles. The average molecular weight is 388 g/mol. The van der Waals surface area contributed by atoms with Crippen LogP contribution in [0.3, 0.4) is 0 Å². The Morgan fingerprint density at radius 1 is 1.29 bits per heavy atom. The highest BCUT2D eigenvalue weighted by atomic mass is 16.6. The standard InChI is InChI=1S/C22H28O6/c1-6-7-13-10-15(24)27-21-16(13)20-14(8-9-22(4,5)28-20)19(26)17(21)18(25)11(2)12(3)23/h8-12,15,23-24,26H,6-7H2,1-5H3/t11-,12-,15?/m0/s1. The summed E-state index contributed by atoms with van der Waals surface area (Å²) in [7, 11) is 0. The number of benzene rings is 1. The van der Waals surface area contributed by atoms with E-state index in [1.165, 1.54) is 6.92 Å². The summed E-state index contributed by atoms with van der Waals surface area (Å²) >= 11 is 0. The molecule has 3 N–H and O–H groups in total. The molecule has 6 nitrogen and oxygen atoms in total. The lowest BCUT2D eigenvalue weighted by Gasteiger charge is -2.34. The van der Waals surface area contributed by atoms with E-state index < -0.39 is 29.7 Å². The highest BCUT2D eigenvalue weighted by molar-refractivity contribution is 6.07. The van der Waals surface area contributed by atoms with E-state index in [1.807, 2.05) is 26.8 Å². The number of carbonyl (C=O) groups excluding carboxylic acids is 1. The van der Waals surface area contributed by atoms with Gasteiger partial charge in [-0.05, 0) is 51.0 Å². The molecular formula is C22H28O6.